The number of Topliss-reactive ketones (excluding diaryl/α,β-unsaturated/α-hetero) is 1. The van der Waals surface area contributed by atoms with Crippen LogP contribution in [0.15, 0.2) is 140 Å². The number of ketones is 1. The van der Waals surface area contributed by atoms with Crippen LogP contribution < -0.4 is 20.5 Å². The maximum atomic E-state index is 13.6. The molecule has 268 valence electrons. The number of rotatable bonds is 17. The summed E-state index contributed by atoms with van der Waals surface area (Å²) >= 11 is 0. The topological polar surface area (TPSA) is 119 Å². The Labute approximate surface area is 309 Å². The molecule has 0 aromatic heterocycles. The highest BCUT2D eigenvalue weighted by atomic mass is 16.5. The van der Waals surface area contributed by atoms with Crippen molar-refractivity contribution in [2.24, 2.45) is 5.92 Å². The van der Waals surface area contributed by atoms with E-state index in [0.29, 0.717) is 48.7 Å². The van der Waals surface area contributed by atoms with Crippen molar-refractivity contribution in [2.45, 2.75) is 25.9 Å². The van der Waals surface area contributed by atoms with Crippen LogP contribution in [0.2, 0.25) is 0 Å². The van der Waals surface area contributed by atoms with Gasteiger partial charge >= 0.3 is 5.97 Å². The van der Waals surface area contributed by atoms with E-state index in [1.165, 1.54) is 0 Å². The Kier molecular flexibility index (Phi) is 12.3. The van der Waals surface area contributed by atoms with E-state index < -0.39 is 11.9 Å². The lowest BCUT2D eigenvalue weighted by atomic mass is 9.92. The molecular formula is C45H43N2O6+. The summed E-state index contributed by atoms with van der Waals surface area (Å²) in [6, 6.07) is 40.0. The molecule has 0 unspecified atom stereocenters. The van der Waals surface area contributed by atoms with Crippen LogP contribution in [0.4, 0.5) is 5.69 Å². The second kappa shape index (κ2) is 17.8. The van der Waals surface area contributed by atoms with Gasteiger partial charge in [0.1, 0.15) is 31.3 Å². The number of ether oxygens (including phenoxy) is 3. The van der Waals surface area contributed by atoms with E-state index in [1.54, 1.807) is 30.3 Å². The molecule has 6 rings (SSSR count). The lowest BCUT2D eigenvalue weighted by Gasteiger charge is -2.20. The molecule has 4 N–H and O–H groups in total. The Balaban J connectivity index is 1.20. The zero-order valence-corrected chi connectivity index (χ0v) is 29.6. The molecule has 6 aromatic rings. The van der Waals surface area contributed by atoms with Gasteiger partial charge in [0, 0.05) is 29.2 Å². The molecule has 53 heavy (non-hydrogen) atoms. The van der Waals surface area contributed by atoms with Gasteiger partial charge in [0.25, 0.3) is 0 Å². The number of anilines is 1. The molecule has 0 aliphatic heterocycles. The van der Waals surface area contributed by atoms with Crippen molar-refractivity contribution < 1.29 is 34.3 Å². The molecule has 0 spiro atoms. The van der Waals surface area contributed by atoms with Crippen molar-refractivity contribution in [1.29, 1.82) is 0 Å². The summed E-state index contributed by atoms with van der Waals surface area (Å²) in [6.07, 6.45) is 2.83. The molecule has 0 fully saturated rings. The van der Waals surface area contributed by atoms with Crippen molar-refractivity contribution in [3.05, 3.63) is 151 Å². The Morgan fingerprint density at radius 1 is 0.736 bits per heavy atom. The van der Waals surface area contributed by atoms with Crippen molar-refractivity contribution in [3.63, 3.8) is 0 Å². The van der Waals surface area contributed by atoms with Crippen LogP contribution in [-0.4, -0.2) is 37.4 Å². The van der Waals surface area contributed by atoms with Crippen LogP contribution in [0.3, 0.4) is 0 Å². The highest BCUT2D eigenvalue weighted by Gasteiger charge is 2.24. The van der Waals surface area contributed by atoms with Gasteiger partial charge in [0.2, 0.25) is 5.91 Å². The zero-order chi connectivity index (χ0) is 37.0. The first-order valence-electron chi connectivity index (χ1n) is 17.8. The van der Waals surface area contributed by atoms with E-state index in [2.05, 4.69) is 29.8 Å². The number of carbonyl (C=O) groups is 3. The average Bonchev–Trinajstić information content (AvgIpc) is 3.20. The number of fused-ring (bicyclic) bond motifs is 2. The number of benzene rings is 6. The van der Waals surface area contributed by atoms with Gasteiger partial charge in [0.05, 0.1) is 12.1 Å². The average molecular weight is 708 g/mol. The van der Waals surface area contributed by atoms with E-state index in [9.17, 15) is 14.4 Å². The van der Waals surface area contributed by atoms with Gasteiger partial charge in [-0.15, -0.1) is 0 Å². The number of nitrogens with one attached hydrogen (secondary N) is 1. The summed E-state index contributed by atoms with van der Waals surface area (Å²) in [5.74, 6) is -0.432. The van der Waals surface area contributed by atoms with Crippen molar-refractivity contribution in [2.75, 3.05) is 25.1 Å². The third kappa shape index (κ3) is 9.16. The second-order valence-electron chi connectivity index (χ2n) is 12.8. The van der Waals surface area contributed by atoms with Crippen molar-refractivity contribution >= 4 is 44.9 Å². The fourth-order valence-corrected chi connectivity index (χ4v) is 6.39. The Bertz CT molecular complexity index is 2230. The fraction of sp³-hybridized carbons (Fsp3) is 0.178. The third-order valence-corrected chi connectivity index (χ3v) is 9.00. The van der Waals surface area contributed by atoms with E-state index in [1.807, 2.05) is 91.0 Å². The molecule has 0 aliphatic carbocycles. The summed E-state index contributed by atoms with van der Waals surface area (Å²) in [4.78, 5) is 40.0. The molecule has 0 heterocycles. The number of hydrogen-bond acceptors (Lipinski definition) is 6. The second-order valence-corrected chi connectivity index (χ2v) is 12.8. The first-order chi connectivity index (χ1) is 25.9. The SMILES string of the molecule is C=CCOc1ccc2ccccc2c1-c1c(OCC(=O)C[C@H](CCC[NH3+])C(=O)Nc2cccc(C(=O)OCc3ccccc3)c2)ccc2ccccc12. The predicted octanol–water partition coefficient (Wildman–Crippen LogP) is 8.20. The van der Waals surface area contributed by atoms with Gasteiger partial charge in [0.15, 0.2) is 5.78 Å². The standard InChI is InChI=1S/C45H42N2O6/c1-2-26-51-40-23-21-32-14-6-8-19-38(32)42(40)43-39-20-9-7-15-33(39)22-24-41(43)52-30-37(48)28-34(17-11-25-46)44(49)47-36-18-10-16-35(27-36)45(50)53-29-31-12-4-3-5-13-31/h2-10,12-16,18-24,27,34H,1,11,17,25-26,28-30,46H2,(H,47,49)/p+1/t34-/m0/s1. The summed E-state index contributed by atoms with van der Waals surface area (Å²) in [5, 5.41) is 6.90. The summed E-state index contributed by atoms with van der Waals surface area (Å²) in [6.45, 7) is 4.68. The van der Waals surface area contributed by atoms with E-state index >= 15 is 0 Å². The first kappa shape index (κ1) is 36.5. The molecule has 0 radical (unpaired) electrons. The molecule has 0 saturated carbocycles. The molecule has 0 aliphatic rings. The number of amides is 1. The summed E-state index contributed by atoms with van der Waals surface area (Å²) < 4.78 is 18.0. The molecular weight excluding hydrogens is 665 g/mol. The van der Waals surface area contributed by atoms with Gasteiger partial charge < -0.3 is 25.3 Å². The maximum absolute atomic E-state index is 13.6. The van der Waals surface area contributed by atoms with Crippen LogP contribution in [0.25, 0.3) is 32.7 Å². The maximum Gasteiger partial charge on any atom is 0.338 e. The smallest absolute Gasteiger partial charge is 0.338 e. The summed E-state index contributed by atoms with van der Waals surface area (Å²) in [5.41, 5.74) is 7.24. The van der Waals surface area contributed by atoms with E-state index in [-0.39, 0.29) is 31.3 Å². The third-order valence-electron chi connectivity index (χ3n) is 9.00. The molecule has 1 amide bonds. The highest BCUT2D eigenvalue weighted by Crippen LogP contribution is 2.45. The fourth-order valence-electron chi connectivity index (χ4n) is 6.39. The van der Waals surface area contributed by atoms with Crippen molar-refractivity contribution in [1.82, 2.24) is 0 Å². The number of hydrogen-bond donors (Lipinski definition) is 2. The Morgan fingerprint density at radius 2 is 1.38 bits per heavy atom. The molecule has 0 bridgehead atoms. The van der Waals surface area contributed by atoms with Gasteiger partial charge in [-0.25, -0.2) is 4.79 Å². The van der Waals surface area contributed by atoms with Gasteiger partial charge in [-0.3, -0.25) is 9.59 Å². The van der Waals surface area contributed by atoms with Gasteiger partial charge in [-0.1, -0.05) is 110 Å². The van der Waals surface area contributed by atoms with Crippen LogP contribution in [0, 0.1) is 5.92 Å². The van der Waals surface area contributed by atoms with Crippen LogP contribution in [0.5, 0.6) is 11.5 Å². The monoisotopic (exact) mass is 707 g/mol. The Morgan fingerprint density at radius 3 is 2.04 bits per heavy atom. The molecule has 1 atom stereocenters. The highest BCUT2D eigenvalue weighted by molar-refractivity contribution is 6.10. The number of carbonyl (C=O) groups excluding carboxylic acids is 3. The molecule has 8 heteroatoms. The van der Waals surface area contributed by atoms with E-state index in [4.69, 9.17) is 14.2 Å². The quantitative estimate of drug-likeness (QED) is 0.0729. The minimum absolute atomic E-state index is 0.0183. The molecule has 6 aromatic carbocycles. The van der Waals surface area contributed by atoms with Crippen LogP contribution in [-0.2, 0) is 20.9 Å². The zero-order valence-electron chi connectivity index (χ0n) is 29.6. The minimum atomic E-state index is -0.616. The van der Waals surface area contributed by atoms with E-state index in [0.717, 1.165) is 38.2 Å². The lowest BCUT2D eigenvalue weighted by molar-refractivity contribution is -0.368. The molecule has 0 saturated heterocycles. The summed E-state index contributed by atoms with van der Waals surface area (Å²) in [7, 11) is 0. The van der Waals surface area contributed by atoms with Crippen LogP contribution in [0.1, 0.15) is 35.2 Å². The van der Waals surface area contributed by atoms with Gasteiger partial charge in [-0.05, 0) is 70.3 Å². The Hall–Kier alpha value is -6.25. The minimum Gasteiger partial charge on any atom is -0.489 e. The van der Waals surface area contributed by atoms with Crippen LogP contribution >= 0.6 is 0 Å². The first-order valence-corrected chi connectivity index (χ1v) is 17.8. The number of esters is 1. The normalized spacial score (nSPS) is 11.5. The number of quaternary nitrogens is 1. The predicted molar refractivity (Wildman–Crippen MR) is 209 cm³/mol. The molecule has 8 nitrogen and oxygen atoms in total. The van der Waals surface area contributed by atoms with Gasteiger partial charge in [-0.2, -0.15) is 0 Å². The lowest BCUT2D eigenvalue weighted by Crippen LogP contribution is -2.50. The van der Waals surface area contributed by atoms with Crippen molar-refractivity contribution in [3.8, 4) is 22.6 Å². The largest absolute Gasteiger partial charge is 0.489 e.